The van der Waals surface area contributed by atoms with Crippen LogP contribution in [0, 0.1) is 5.82 Å². The zero-order valence-electron chi connectivity index (χ0n) is 13.0. The summed E-state index contributed by atoms with van der Waals surface area (Å²) in [6, 6.07) is 8.46. The Morgan fingerprint density at radius 3 is 2.70 bits per heavy atom. The van der Waals surface area contributed by atoms with Crippen molar-refractivity contribution in [3.8, 4) is 0 Å². The molecule has 2 aromatic rings. The van der Waals surface area contributed by atoms with Crippen molar-refractivity contribution in [3.63, 3.8) is 0 Å². The second-order valence-corrected chi connectivity index (χ2v) is 5.80. The molecule has 5 nitrogen and oxygen atoms in total. The highest BCUT2D eigenvalue weighted by Crippen LogP contribution is 2.21. The number of hydrogen-bond acceptors (Lipinski definition) is 5. The number of aliphatic hydroxyl groups is 1. The number of anilines is 1. The molecule has 2 N–H and O–H groups in total. The molecule has 23 heavy (non-hydrogen) atoms. The third-order valence-corrected chi connectivity index (χ3v) is 4.26. The number of benzene rings is 1. The van der Waals surface area contributed by atoms with Crippen molar-refractivity contribution in [2.45, 2.75) is 32.0 Å². The van der Waals surface area contributed by atoms with E-state index in [0.29, 0.717) is 12.5 Å². The lowest BCUT2D eigenvalue weighted by Crippen LogP contribution is -2.32. The third-order valence-electron chi connectivity index (χ3n) is 4.26. The standard InChI is InChI=1S/C17H21FN4O/c18-15-9-20-17(21-10-15)19-8-13-4-1-2-5-14(13)11-22-7-3-6-16(22)12-23/h1-2,4-5,9-10,16,23H,3,6-8,11-12H2,(H,19,20,21)/t16-/m1/s1. The molecular formula is C17H21FN4O. The molecule has 0 aliphatic carbocycles. The van der Waals surface area contributed by atoms with Crippen molar-refractivity contribution in [1.29, 1.82) is 0 Å². The van der Waals surface area contributed by atoms with E-state index in [1.165, 1.54) is 5.56 Å². The minimum absolute atomic E-state index is 0.212. The van der Waals surface area contributed by atoms with Crippen LogP contribution in [-0.4, -0.2) is 39.2 Å². The van der Waals surface area contributed by atoms with E-state index in [-0.39, 0.29) is 12.6 Å². The summed E-state index contributed by atoms with van der Waals surface area (Å²) in [6.07, 6.45) is 4.49. The number of rotatable bonds is 6. The highest BCUT2D eigenvalue weighted by atomic mass is 19.1. The number of nitrogens with one attached hydrogen (secondary N) is 1. The lowest BCUT2D eigenvalue weighted by molar-refractivity contribution is 0.153. The smallest absolute Gasteiger partial charge is 0.223 e. The van der Waals surface area contributed by atoms with E-state index in [0.717, 1.165) is 43.9 Å². The largest absolute Gasteiger partial charge is 0.395 e. The first-order valence-corrected chi connectivity index (χ1v) is 7.89. The number of aromatic nitrogens is 2. The topological polar surface area (TPSA) is 61.3 Å². The Labute approximate surface area is 135 Å². The Morgan fingerprint density at radius 2 is 1.96 bits per heavy atom. The summed E-state index contributed by atoms with van der Waals surface area (Å²) in [4.78, 5) is 10.1. The molecule has 0 spiro atoms. The molecule has 1 aromatic heterocycles. The van der Waals surface area contributed by atoms with Crippen molar-refractivity contribution in [1.82, 2.24) is 14.9 Å². The van der Waals surface area contributed by atoms with E-state index in [2.05, 4.69) is 32.3 Å². The van der Waals surface area contributed by atoms with Crippen molar-refractivity contribution in [2.75, 3.05) is 18.5 Å². The van der Waals surface area contributed by atoms with E-state index >= 15 is 0 Å². The maximum absolute atomic E-state index is 12.8. The Balaban J connectivity index is 1.66. The summed E-state index contributed by atoms with van der Waals surface area (Å²) in [5.74, 6) is -0.0318. The van der Waals surface area contributed by atoms with Gasteiger partial charge in [-0.2, -0.15) is 0 Å². The molecule has 0 bridgehead atoms. The molecule has 1 aliphatic rings. The average Bonchev–Trinajstić information content (AvgIpc) is 3.03. The molecule has 1 atom stereocenters. The SMILES string of the molecule is OC[C@H]1CCCN1Cc1ccccc1CNc1ncc(F)cn1. The van der Waals surface area contributed by atoms with E-state index in [1.807, 2.05) is 12.1 Å². The van der Waals surface area contributed by atoms with Crippen LogP contribution in [0.3, 0.4) is 0 Å². The van der Waals surface area contributed by atoms with Gasteiger partial charge in [0.05, 0.1) is 19.0 Å². The van der Waals surface area contributed by atoms with Crippen LogP contribution >= 0.6 is 0 Å². The molecule has 0 unspecified atom stereocenters. The number of nitrogens with zero attached hydrogens (tertiary/aromatic N) is 3. The predicted octanol–water partition coefficient (Wildman–Crippen LogP) is 2.18. The lowest BCUT2D eigenvalue weighted by Gasteiger charge is -2.24. The maximum atomic E-state index is 12.8. The number of aliphatic hydroxyl groups excluding tert-OH is 1. The van der Waals surface area contributed by atoms with Crippen molar-refractivity contribution >= 4 is 5.95 Å². The highest BCUT2D eigenvalue weighted by molar-refractivity contribution is 5.32. The van der Waals surface area contributed by atoms with E-state index in [1.54, 1.807) is 0 Å². The Bertz CT molecular complexity index is 635. The van der Waals surface area contributed by atoms with Crippen molar-refractivity contribution in [2.24, 2.45) is 0 Å². The van der Waals surface area contributed by atoms with E-state index < -0.39 is 5.82 Å². The van der Waals surface area contributed by atoms with Gasteiger partial charge in [0.1, 0.15) is 0 Å². The minimum atomic E-state index is -0.444. The van der Waals surface area contributed by atoms with Gasteiger partial charge >= 0.3 is 0 Å². The molecule has 0 radical (unpaired) electrons. The van der Waals surface area contributed by atoms with Crippen LogP contribution in [0.1, 0.15) is 24.0 Å². The Kier molecular flexibility index (Phi) is 5.15. The molecule has 1 aliphatic heterocycles. The first-order valence-electron chi connectivity index (χ1n) is 7.89. The van der Waals surface area contributed by atoms with Gasteiger partial charge in [-0.3, -0.25) is 4.90 Å². The van der Waals surface area contributed by atoms with Crippen LogP contribution in [0.5, 0.6) is 0 Å². The molecule has 3 rings (SSSR count). The molecule has 2 heterocycles. The quantitative estimate of drug-likeness (QED) is 0.855. The molecule has 6 heteroatoms. The zero-order chi connectivity index (χ0) is 16.1. The Hall–Kier alpha value is -2.05. The average molecular weight is 316 g/mol. The normalized spacial score (nSPS) is 18.3. The Morgan fingerprint density at radius 1 is 1.22 bits per heavy atom. The lowest BCUT2D eigenvalue weighted by atomic mass is 10.1. The monoisotopic (exact) mass is 316 g/mol. The fourth-order valence-electron chi connectivity index (χ4n) is 2.99. The second-order valence-electron chi connectivity index (χ2n) is 5.80. The van der Waals surface area contributed by atoms with Crippen LogP contribution in [0.4, 0.5) is 10.3 Å². The molecule has 1 saturated heterocycles. The zero-order valence-corrected chi connectivity index (χ0v) is 13.0. The number of likely N-dealkylation sites (tertiary alicyclic amines) is 1. The molecule has 1 fully saturated rings. The highest BCUT2D eigenvalue weighted by Gasteiger charge is 2.24. The summed E-state index contributed by atoms with van der Waals surface area (Å²) in [5, 5.41) is 12.6. The predicted molar refractivity (Wildman–Crippen MR) is 86.3 cm³/mol. The first-order chi connectivity index (χ1) is 11.3. The van der Waals surface area contributed by atoms with Gasteiger partial charge in [-0.25, -0.2) is 14.4 Å². The molecule has 122 valence electrons. The van der Waals surface area contributed by atoms with E-state index in [9.17, 15) is 9.50 Å². The van der Waals surface area contributed by atoms with Crippen LogP contribution in [-0.2, 0) is 13.1 Å². The second kappa shape index (κ2) is 7.48. The van der Waals surface area contributed by atoms with Crippen molar-refractivity contribution < 1.29 is 9.50 Å². The minimum Gasteiger partial charge on any atom is -0.395 e. The number of halogens is 1. The third kappa shape index (κ3) is 4.03. The van der Waals surface area contributed by atoms with Gasteiger partial charge in [0, 0.05) is 19.1 Å². The van der Waals surface area contributed by atoms with Crippen LogP contribution in [0.2, 0.25) is 0 Å². The molecule has 0 amide bonds. The van der Waals surface area contributed by atoms with Gasteiger partial charge in [0.15, 0.2) is 5.82 Å². The fourth-order valence-corrected chi connectivity index (χ4v) is 2.99. The van der Waals surface area contributed by atoms with Crippen LogP contribution in [0.15, 0.2) is 36.7 Å². The van der Waals surface area contributed by atoms with Gasteiger partial charge in [-0.15, -0.1) is 0 Å². The van der Waals surface area contributed by atoms with Crippen LogP contribution in [0.25, 0.3) is 0 Å². The van der Waals surface area contributed by atoms with Gasteiger partial charge in [0.25, 0.3) is 0 Å². The van der Waals surface area contributed by atoms with Gasteiger partial charge < -0.3 is 10.4 Å². The summed E-state index contributed by atoms with van der Waals surface area (Å²) < 4.78 is 12.8. The van der Waals surface area contributed by atoms with Crippen molar-refractivity contribution in [3.05, 3.63) is 53.6 Å². The fraction of sp³-hybridized carbons (Fsp3) is 0.412. The summed E-state index contributed by atoms with van der Waals surface area (Å²) in [5.41, 5.74) is 2.38. The summed E-state index contributed by atoms with van der Waals surface area (Å²) in [7, 11) is 0. The summed E-state index contributed by atoms with van der Waals surface area (Å²) >= 11 is 0. The van der Waals surface area contributed by atoms with Gasteiger partial charge in [-0.1, -0.05) is 24.3 Å². The maximum Gasteiger partial charge on any atom is 0.223 e. The van der Waals surface area contributed by atoms with Gasteiger partial charge in [0.2, 0.25) is 5.95 Å². The molecular weight excluding hydrogens is 295 g/mol. The molecule has 1 aromatic carbocycles. The summed E-state index contributed by atoms with van der Waals surface area (Å²) in [6.45, 7) is 2.64. The van der Waals surface area contributed by atoms with E-state index in [4.69, 9.17) is 0 Å². The number of hydrogen-bond donors (Lipinski definition) is 2. The molecule has 0 saturated carbocycles. The van der Waals surface area contributed by atoms with Gasteiger partial charge in [-0.05, 0) is 30.5 Å². The first kappa shape index (κ1) is 15.8. The van der Waals surface area contributed by atoms with Crippen LogP contribution < -0.4 is 5.32 Å².